The first-order chi connectivity index (χ1) is 11.0. The number of hydrogen-bond donors (Lipinski definition) is 2. The van der Waals surface area contributed by atoms with Crippen molar-refractivity contribution in [3.8, 4) is 5.75 Å². The maximum Gasteiger partial charge on any atom is 0.255 e. The molecule has 5 nitrogen and oxygen atoms in total. The van der Waals surface area contributed by atoms with Gasteiger partial charge in [-0.05, 0) is 37.8 Å². The van der Waals surface area contributed by atoms with Crippen LogP contribution in [0.4, 0.5) is 5.69 Å². The van der Waals surface area contributed by atoms with Gasteiger partial charge in [0.25, 0.3) is 5.91 Å². The number of hydrogen-bond acceptors (Lipinski definition) is 4. The van der Waals surface area contributed by atoms with Gasteiger partial charge < -0.3 is 20.7 Å². The number of nitrogen functional groups attached to an aromatic ring is 1. The molecule has 3 atom stereocenters. The molecule has 3 N–H and O–H groups in total. The van der Waals surface area contributed by atoms with E-state index in [1.807, 2.05) is 0 Å². The lowest BCUT2D eigenvalue weighted by Crippen LogP contribution is -2.53. The predicted molar refractivity (Wildman–Crippen MR) is 87.5 cm³/mol. The summed E-state index contributed by atoms with van der Waals surface area (Å²) >= 11 is 6.03. The van der Waals surface area contributed by atoms with Crippen LogP contribution >= 0.6 is 11.6 Å². The molecule has 1 aromatic rings. The topological polar surface area (TPSA) is 67.6 Å². The van der Waals surface area contributed by atoms with Crippen molar-refractivity contribution < 1.29 is 10.9 Å². The van der Waals surface area contributed by atoms with Crippen LogP contribution in [0, 0.1) is 5.92 Å². The van der Waals surface area contributed by atoms with E-state index in [2.05, 4.69) is 10.2 Å². The summed E-state index contributed by atoms with van der Waals surface area (Å²) in [7, 11) is 1.43. The van der Waals surface area contributed by atoms with Crippen LogP contribution in [0.1, 0.15) is 31.0 Å². The van der Waals surface area contributed by atoms with Gasteiger partial charge in [-0.1, -0.05) is 11.6 Å². The largest absolute Gasteiger partial charge is 0.496 e. The highest BCUT2D eigenvalue weighted by molar-refractivity contribution is 6.33. The Morgan fingerprint density at radius 3 is 3.14 bits per heavy atom. The van der Waals surface area contributed by atoms with Gasteiger partial charge in [-0.15, -0.1) is 0 Å². The third-order valence-corrected chi connectivity index (χ3v) is 4.97. The van der Waals surface area contributed by atoms with Crippen LogP contribution in [0.5, 0.6) is 5.75 Å². The minimum Gasteiger partial charge on any atom is -0.496 e. The van der Waals surface area contributed by atoms with Gasteiger partial charge in [0, 0.05) is 25.2 Å². The molecule has 6 heteroatoms. The van der Waals surface area contributed by atoms with Crippen molar-refractivity contribution >= 4 is 23.2 Å². The first kappa shape index (κ1) is 14.2. The van der Waals surface area contributed by atoms with E-state index in [0.717, 1.165) is 25.9 Å². The SMILES string of the molecule is [3H]c1c(N)c(Cl)cc(C(=O)N[C@H]2CCN3CCC[C@@H]2C3)c1OC. The van der Waals surface area contributed by atoms with Crippen LogP contribution in [-0.4, -0.2) is 43.6 Å². The minimum absolute atomic E-state index is 0.0439. The van der Waals surface area contributed by atoms with Gasteiger partial charge in [-0.25, -0.2) is 0 Å². The van der Waals surface area contributed by atoms with E-state index in [1.54, 1.807) is 0 Å². The molecule has 120 valence electrons. The number of fused-ring (bicyclic) bond motifs is 2. The molecule has 0 aromatic heterocycles. The molecule has 0 aliphatic carbocycles. The Morgan fingerprint density at radius 2 is 2.36 bits per heavy atom. The Kier molecular flexibility index (Phi) is 4.08. The summed E-state index contributed by atoms with van der Waals surface area (Å²) in [5.41, 5.74) is 6.14. The Labute approximate surface area is 137 Å². The Balaban J connectivity index is 1.81. The number of nitrogens with zero attached hydrogens (tertiary/aromatic N) is 1. The highest BCUT2D eigenvalue weighted by Gasteiger charge is 2.33. The summed E-state index contributed by atoms with van der Waals surface area (Å²) in [5.74, 6) is 0.416. The van der Waals surface area contributed by atoms with Gasteiger partial charge in [-0.2, -0.15) is 0 Å². The van der Waals surface area contributed by atoms with Gasteiger partial charge in [-0.3, -0.25) is 4.79 Å². The molecular formula is C16H22ClN3O2. The molecule has 3 rings (SSSR count). The lowest BCUT2D eigenvalue weighted by Gasteiger charge is -2.42. The Hall–Kier alpha value is -1.46. The van der Waals surface area contributed by atoms with Gasteiger partial charge >= 0.3 is 0 Å². The fourth-order valence-electron chi connectivity index (χ4n) is 3.47. The van der Waals surface area contributed by atoms with E-state index in [-0.39, 0.29) is 40.0 Å². The molecule has 2 fully saturated rings. The molecule has 1 amide bonds. The number of nitrogens with one attached hydrogen (secondary N) is 1. The molecule has 1 aromatic carbocycles. The minimum atomic E-state index is -0.249. The van der Waals surface area contributed by atoms with Crippen molar-refractivity contribution in [2.75, 3.05) is 32.5 Å². The number of anilines is 1. The molecule has 2 aliphatic rings. The van der Waals surface area contributed by atoms with Crippen molar-refractivity contribution in [3.05, 3.63) is 22.7 Å². The second kappa shape index (κ2) is 6.34. The highest BCUT2D eigenvalue weighted by Crippen LogP contribution is 2.30. The zero-order chi connectivity index (χ0) is 16.6. The van der Waals surface area contributed by atoms with Crippen LogP contribution in [0.3, 0.4) is 0 Å². The summed E-state index contributed by atoms with van der Waals surface area (Å²) in [6, 6.07) is 1.60. The number of amides is 1. The number of piperidine rings is 2. The van der Waals surface area contributed by atoms with Crippen molar-refractivity contribution in [3.63, 3.8) is 0 Å². The molecule has 2 heterocycles. The van der Waals surface area contributed by atoms with Gasteiger partial charge in [0.05, 0.1) is 24.8 Å². The first-order valence-electron chi connectivity index (χ1n) is 8.17. The number of carbonyl (C=O) groups excluding carboxylic acids is 1. The van der Waals surface area contributed by atoms with Crippen LogP contribution in [0.15, 0.2) is 12.1 Å². The van der Waals surface area contributed by atoms with Crippen LogP contribution < -0.4 is 15.8 Å². The third kappa shape index (κ3) is 3.01. The lowest BCUT2D eigenvalue weighted by atomic mass is 9.85. The summed E-state index contributed by atoms with van der Waals surface area (Å²) < 4.78 is 13.2. The number of benzene rings is 1. The van der Waals surface area contributed by atoms with E-state index in [9.17, 15) is 4.79 Å². The molecule has 2 saturated heterocycles. The molecule has 0 spiro atoms. The lowest BCUT2D eigenvalue weighted by molar-refractivity contribution is 0.0737. The molecule has 0 saturated carbocycles. The molecule has 0 radical (unpaired) electrons. The predicted octanol–water partition coefficient (Wildman–Crippen LogP) is 2.14. The average molecular weight is 326 g/mol. The number of ether oxygens (including phenoxy) is 1. The van der Waals surface area contributed by atoms with Crippen molar-refractivity contribution in [2.45, 2.75) is 25.3 Å². The monoisotopic (exact) mass is 325 g/mol. The Bertz CT molecular complexity index is 626. The van der Waals surface area contributed by atoms with Crippen molar-refractivity contribution in [1.82, 2.24) is 10.2 Å². The number of nitrogens with two attached hydrogens (primary N) is 1. The zero-order valence-corrected chi connectivity index (χ0v) is 13.4. The number of rotatable bonds is 3. The second-order valence-electron chi connectivity index (χ2n) is 6.05. The van der Waals surface area contributed by atoms with E-state index in [1.165, 1.54) is 26.1 Å². The fraction of sp³-hybridized carbons (Fsp3) is 0.562. The molecule has 1 unspecified atom stereocenters. The summed E-state index contributed by atoms with van der Waals surface area (Å²) in [6.45, 7) is 3.24. The first-order valence-corrected chi connectivity index (χ1v) is 8.04. The van der Waals surface area contributed by atoms with E-state index < -0.39 is 0 Å². The maximum atomic E-state index is 12.7. The number of carbonyl (C=O) groups is 1. The van der Waals surface area contributed by atoms with E-state index in [0.29, 0.717) is 5.92 Å². The summed E-state index contributed by atoms with van der Waals surface area (Å²) in [6.07, 6.45) is 3.28. The third-order valence-electron chi connectivity index (χ3n) is 4.65. The molecule has 22 heavy (non-hydrogen) atoms. The number of methoxy groups -OCH3 is 1. The van der Waals surface area contributed by atoms with E-state index in [4.69, 9.17) is 23.4 Å². The van der Waals surface area contributed by atoms with Crippen molar-refractivity contribution in [2.24, 2.45) is 5.92 Å². The van der Waals surface area contributed by atoms with Gasteiger partial charge in [0.1, 0.15) is 5.75 Å². The van der Waals surface area contributed by atoms with Gasteiger partial charge in [0.15, 0.2) is 0 Å². The normalized spacial score (nSPS) is 27.9. The highest BCUT2D eigenvalue weighted by atomic mass is 35.5. The standard InChI is InChI=1S/C16H22ClN3O2/c1-22-15-8-13(18)12(17)7-11(15)16(21)19-14-4-6-20-5-2-3-10(14)9-20/h7-8,10,14H,2-6,9,18H2,1H3,(H,19,21)/t10-,14+/m1/s1/i8T. The van der Waals surface area contributed by atoms with Gasteiger partial charge in [0.2, 0.25) is 0 Å². The Morgan fingerprint density at radius 1 is 1.55 bits per heavy atom. The van der Waals surface area contributed by atoms with E-state index >= 15 is 0 Å². The smallest absolute Gasteiger partial charge is 0.255 e. The molecular weight excluding hydrogens is 302 g/mol. The van der Waals surface area contributed by atoms with Crippen LogP contribution in [-0.2, 0) is 0 Å². The maximum absolute atomic E-state index is 12.7. The van der Waals surface area contributed by atoms with Crippen LogP contribution in [0.2, 0.25) is 5.02 Å². The second-order valence-corrected chi connectivity index (χ2v) is 6.46. The summed E-state index contributed by atoms with van der Waals surface area (Å²) in [4.78, 5) is 15.1. The van der Waals surface area contributed by atoms with Crippen LogP contribution in [0.25, 0.3) is 0 Å². The molecule has 2 aliphatic heterocycles. The molecule has 2 bridgehead atoms. The number of halogens is 1. The fourth-order valence-corrected chi connectivity index (χ4v) is 3.62. The van der Waals surface area contributed by atoms with Crippen molar-refractivity contribution in [1.29, 1.82) is 0 Å². The summed E-state index contributed by atoms with van der Waals surface area (Å²) in [5, 5.41) is 3.31. The zero-order valence-electron chi connectivity index (χ0n) is 13.7. The average Bonchev–Trinajstić information content (AvgIpc) is 2.55. The quantitative estimate of drug-likeness (QED) is 0.836.